The Morgan fingerprint density at radius 2 is 0.905 bits per heavy atom. The van der Waals surface area contributed by atoms with E-state index in [1.165, 1.54) is 67.2 Å². The third-order valence-electron chi connectivity index (χ3n) is 18.4. The normalized spacial score (nSPS) is 40.0. The van der Waals surface area contributed by atoms with Gasteiger partial charge in [0.15, 0.2) is 0 Å². The molecule has 3 heterocycles. The molecule has 3 aromatic rings. The summed E-state index contributed by atoms with van der Waals surface area (Å²) in [6, 6.07) is 18.2. The maximum Gasteiger partial charge on any atom is 0.119 e. The third-order valence-corrected chi connectivity index (χ3v) is 18.4. The number of nitrogens with zero attached hydrogens (tertiary/aromatic N) is 3. The molecule has 3 aromatic carbocycles. The summed E-state index contributed by atoms with van der Waals surface area (Å²) >= 11 is 0. The Labute approximate surface area is 404 Å². The lowest BCUT2D eigenvalue weighted by atomic mass is 9.52. The molecular weight excluding hydrogens is 775 g/mol. The van der Waals surface area contributed by atoms with Crippen LogP contribution in [-0.2, 0) is 35.5 Å². The lowest BCUT2D eigenvalue weighted by molar-refractivity contribution is 0.00270. The van der Waals surface area contributed by atoms with Gasteiger partial charge in [-0.2, -0.15) is 0 Å². The van der Waals surface area contributed by atoms with Crippen LogP contribution in [0.15, 0.2) is 54.6 Å². The van der Waals surface area contributed by atoms with Crippen molar-refractivity contribution in [3.63, 3.8) is 0 Å². The molecule has 0 radical (unpaired) electrons. The average Bonchev–Trinajstić information content (AvgIpc) is 3.38. The number of fused-ring (bicyclic) bond motifs is 3. The number of likely N-dealkylation sites (tertiary alicyclic amines) is 3. The molecule has 6 heteroatoms. The van der Waals surface area contributed by atoms with Gasteiger partial charge in [0.1, 0.15) is 17.2 Å². The van der Waals surface area contributed by atoms with Gasteiger partial charge in [-0.1, -0.05) is 56.7 Å². The van der Waals surface area contributed by atoms with Gasteiger partial charge in [-0.3, -0.25) is 0 Å². The van der Waals surface area contributed by atoms with E-state index >= 15 is 0 Å². The van der Waals surface area contributed by atoms with Crippen LogP contribution in [0.4, 0.5) is 0 Å². The van der Waals surface area contributed by atoms with E-state index in [9.17, 15) is 0 Å². The van der Waals surface area contributed by atoms with Crippen molar-refractivity contribution < 1.29 is 36.1 Å². The summed E-state index contributed by atoms with van der Waals surface area (Å²) in [4.78, 5) is 6.03. The number of hydrogen-bond donors (Lipinski definition) is 0. The molecule has 3 saturated heterocycles. The van der Waals surface area contributed by atoms with E-state index in [-0.39, 0.29) is 40.0 Å². The molecular formula is C57H81N3O3. The number of rotatable bonds is 6. The Morgan fingerprint density at radius 1 is 0.524 bits per heavy atom. The van der Waals surface area contributed by atoms with E-state index in [1.54, 1.807) is 17.0 Å². The zero-order chi connectivity index (χ0) is 56.9. The maximum atomic E-state index is 7.97. The Balaban J connectivity index is 0.000000134. The lowest BCUT2D eigenvalue weighted by Gasteiger charge is -2.58. The zero-order valence-electron chi connectivity index (χ0n) is 53.8. The highest BCUT2D eigenvalue weighted by atomic mass is 16.5. The van der Waals surface area contributed by atoms with Gasteiger partial charge in [-0.15, -0.1) is 0 Å². The van der Waals surface area contributed by atoms with Crippen LogP contribution in [0.3, 0.4) is 0 Å². The fraction of sp³-hybridized carbons (Fsp3) is 0.684. The van der Waals surface area contributed by atoms with Crippen LogP contribution in [0.1, 0.15) is 172 Å². The summed E-state index contributed by atoms with van der Waals surface area (Å²) in [5, 5.41) is 0. The Hall–Kier alpha value is -3.06. The molecule has 63 heavy (non-hydrogen) atoms. The van der Waals surface area contributed by atoms with Gasteiger partial charge in [0.25, 0.3) is 0 Å². The molecule has 6 bridgehead atoms. The predicted molar refractivity (Wildman–Crippen MR) is 258 cm³/mol. The number of benzene rings is 3. The van der Waals surface area contributed by atoms with Crippen LogP contribution in [0, 0.1) is 17.8 Å². The molecule has 6 aliphatic carbocycles. The van der Waals surface area contributed by atoms with Crippen molar-refractivity contribution in [3.05, 3.63) is 88.0 Å². The molecule has 0 amide bonds. The number of hydrogen-bond acceptors (Lipinski definition) is 6. The second kappa shape index (κ2) is 18.0. The first-order valence-electron chi connectivity index (χ1n) is 32.6. The van der Waals surface area contributed by atoms with Crippen molar-refractivity contribution in [2.24, 2.45) is 17.8 Å². The Bertz CT molecular complexity index is 2690. The van der Waals surface area contributed by atoms with Crippen LogP contribution < -0.4 is 14.2 Å². The van der Waals surface area contributed by atoms with Gasteiger partial charge >= 0.3 is 0 Å². The minimum atomic E-state index is -2.88. The smallest absolute Gasteiger partial charge is 0.119 e. The monoisotopic (exact) mass is 872 g/mol. The number of ether oxygens (including phenoxy) is 3. The molecule has 9 atom stereocenters. The topological polar surface area (TPSA) is 37.4 Å². The predicted octanol–water partition coefficient (Wildman–Crippen LogP) is 11.3. The second-order valence-corrected chi connectivity index (χ2v) is 20.8. The van der Waals surface area contributed by atoms with Gasteiger partial charge in [0.2, 0.25) is 0 Å². The van der Waals surface area contributed by atoms with Gasteiger partial charge in [-0.05, 0) is 226 Å². The quantitative estimate of drug-likeness (QED) is 0.246. The molecule has 6 nitrogen and oxygen atoms in total. The highest BCUT2D eigenvalue weighted by Crippen LogP contribution is 2.58. The largest absolute Gasteiger partial charge is 0.494 e. The van der Waals surface area contributed by atoms with E-state index in [1.807, 2.05) is 36.1 Å². The van der Waals surface area contributed by atoms with Crippen LogP contribution >= 0.6 is 0 Å². The first kappa shape index (κ1) is 28.9. The van der Waals surface area contributed by atoms with Crippen molar-refractivity contribution >= 4 is 0 Å². The van der Waals surface area contributed by atoms with Crippen molar-refractivity contribution in [1.29, 1.82) is 0 Å². The van der Waals surface area contributed by atoms with Crippen molar-refractivity contribution in [2.75, 3.05) is 60.4 Å². The number of piperidine rings is 3. The van der Waals surface area contributed by atoms with Gasteiger partial charge in [0, 0.05) is 50.8 Å². The average molecular weight is 872 g/mol. The molecule has 12 rings (SSSR count). The molecule has 3 aliphatic heterocycles. The molecule has 0 aromatic heterocycles. The van der Waals surface area contributed by atoms with Crippen molar-refractivity contribution in [3.8, 4) is 17.2 Å². The minimum absolute atomic E-state index is 0.0235. The maximum absolute atomic E-state index is 7.97. The standard InChI is InChI=1S/3C19H27NO/c3*1-3-21-15-8-7-14-12-18-16-6-4-5-9-19(16,17(14)13-15)10-11-20(18)2/h3*7-8,13,16,18H,3-6,9-12H2,1-2H3/t3*16-,18+,19+/m111/s1/i1D3,2D3,3D2;1D3,3D2;2D3. The van der Waals surface area contributed by atoms with Gasteiger partial charge in [0.05, 0.1) is 25.2 Å². The first-order chi connectivity index (χ1) is 36.9. The summed E-state index contributed by atoms with van der Waals surface area (Å²) < 4.78 is 140. The summed E-state index contributed by atoms with van der Waals surface area (Å²) in [5.41, 5.74) is 7.76. The van der Waals surface area contributed by atoms with E-state index < -0.39 is 40.8 Å². The molecule has 3 saturated carbocycles. The fourth-order valence-corrected chi connectivity index (χ4v) is 15.6. The zero-order valence-corrected chi connectivity index (χ0v) is 37.8. The second-order valence-electron chi connectivity index (χ2n) is 20.8. The third kappa shape index (κ3) is 7.56. The SMILES string of the molecule is [2H]C([2H])([2H])C([2H])([2H])Oc1ccc2c(c1)[C@]13CCCC[C@@H]1[C@H](C2)N(C)CC3.[2H]C([2H])([2H])N1CC[C@@]23CCCC[C@@H]2[C@@H]1Cc1ccc(OC([2H])([2H])C([2H])([2H])[2H])cc13.[2H]C([2H])([2H])N1CC[C@@]23CCCC[C@@H]2[C@@H]1Cc1ccc(OCC)cc13. The molecule has 342 valence electrons. The van der Waals surface area contributed by atoms with Crippen LogP contribution in [0.2, 0.25) is 0 Å². The minimum Gasteiger partial charge on any atom is -0.494 e. The van der Waals surface area contributed by atoms with Crippen molar-refractivity contribution in [2.45, 2.75) is 171 Å². The van der Waals surface area contributed by atoms with E-state index in [2.05, 4.69) is 30.1 Å². The van der Waals surface area contributed by atoms with Crippen molar-refractivity contribution in [1.82, 2.24) is 14.7 Å². The highest BCUT2D eigenvalue weighted by Gasteiger charge is 2.55. The lowest BCUT2D eigenvalue weighted by Crippen LogP contribution is -2.59. The Morgan fingerprint density at radius 3 is 1.29 bits per heavy atom. The summed E-state index contributed by atoms with van der Waals surface area (Å²) in [7, 11) is 2.23. The van der Waals surface area contributed by atoms with Crippen LogP contribution in [0.5, 0.6) is 17.2 Å². The van der Waals surface area contributed by atoms with E-state index in [4.69, 9.17) is 36.1 Å². The van der Waals surface area contributed by atoms with E-state index in [0.717, 1.165) is 87.6 Å². The first-order valence-corrected chi connectivity index (χ1v) is 24.6. The molecule has 0 spiro atoms. The van der Waals surface area contributed by atoms with Gasteiger partial charge in [-0.25, -0.2) is 0 Å². The highest BCUT2D eigenvalue weighted by molar-refractivity contribution is 5.48. The molecule has 6 fully saturated rings. The van der Waals surface area contributed by atoms with Crippen LogP contribution in [0.25, 0.3) is 0 Å². The summed E-state index contributed by atoms with van der Waals surface area (Å²) in [6.45, 7) is -10.2. The van der Waals surface area contributed by atoms with Gasteiger partial charge < -0.3 is 28.9 Å². The molecule has 9 aliphatic rings. The number of likely N-dealkylation sites (N-methyl/N-ethyl adjacent to an activating group) is 3. The Kier molecular flexibility index (Phi) is 8.23. The fourth-order valence-electron chi connectivity index (χ4n) is 15.6. The van der Waals surface area contributed by atoms with E-state index in [0.29, 0.717) is 49.7 Å². The molecule has 0 unspecified atom stereocenters. The molecule has 0 N–H and O–H groups in total. The van der Waals surface area contributed by atoms with Crippen LogP contribution in [-0.4, -0.2) is 93.2 Å². The summed E-state index contributed by atoms with van der Waals surface area (Å²) in [5.74, 6) is 2.88. The summed E-state index contributed by atoms with van der Waals surface area (Å²) in [6.07, 6.45) is 19.3.